The number of nitrogens with one attached hydrogen (secondary N) is 1. The quantitative estimate of drug-likeness (QED) is 0.697. The third-order valence-corrected chi connectivity index (χ3v) is 8.11. The summed E-state index contributed by atoms with van der Waals surface area (Å²) in [7, 11) is -2.46. The van der Waals surface area contributed by atoms with Gasteiger partial charge in [0.15, 0.2) is 0 Å². The highest BCUT2D eigenvalue weighted by molar-refractivity contribution is 9.10. The molecule has 0 spiro atoms. The molecule has 1 N–H and O–H groups in total. The Morgan fingerprint density at radius 3 is 2.50 bits per heavy atom. The summed E-state index contributed by atoms with van der Waals surface area (Å²) in [5.41, 5.74) is -0.462. The summed E-state index contributed by atoms with van der Waals surface area (Å²) in [5.74, 6) is -0.630. The van der Waals surface area contributed by atoms with Crippen LogP contribution >= 0.6 is 27.3 Å². The Labute approximate surface area is 164 Å². The van der Waals surface area contributed by atoms with Crippen molar-refractivity contribution >= 4 is 43.2 Å². The topological polar surface area (TPSA) is 72.5 Å². The van der Waals surface area contributed by atoms with E-state index < -0.39 is 33.3 Å². The summed E-state index contributed by atoms with van der Waals surface area (Å²) in [6.07, 6.45) is -1.26. The Morgan fingerprint density at radius 2 is 1.96 bits per heavy atom. The predicted octanol–water partition coefficient (Wildman–Crippen LogP) is 4.93. The molecule has 0 fully saturated rings. The number of halogens is 2. The number of alkyl carbamates (subject to hydrolysis) is 1. The molecule has 26 heavy (non-hydrogen) atoms. The number of rotatable bonds is 4. The summed E-state index contributed by atoms with van der Waals surface area (Å²) in [6.45, 7) is 5.65. The molecular formula is C17H19BrFNO4S2. The SMILES string of the molecule is CNC(=O)OC(c1cc(Br)c(S(=O)(=O)c2cccc(F)c2)s1)C(C)(C)C. The molecule has 1 amide bonds. The van der Waals surface area contributed by atoms with Gasteiger partial charge in [-0.05, 0) is 40.2 Å². The third kappa shape index (κ3) is 4.44. The van der Waals surface area contributed by atoms with E-state index in [0.717, 1.165) is 17.4 Å². The molecule has 1 heterocycles. The maximum atomic E-state index is 13.4. The summed E-state index contributed by atoms with van der Waals surface area (Å²) in [4.78, 5) is 12.1. The number of carbonyl (C=O) groups excluding carboxylic acids is 1. The molecule has 0 saturated heterocycles. The molecule has 0 aliphatic rings. The Morgan fingerprint density at radius 1 is 1.31 bits per heavy atom. The lowest BCUT2D eigenvalue weighted by Gasteiger charge is -2.29. The van der Waals surface area contributed by atoms with Gasteiger partial charge in [-0.1, -0.05) is 26.8 Å². The van der Waals surface area contributed by atoms with Gasteiger partial charge in [0.1, 0.15) is 16.1 Å². The Hall–Kier alpha value is -1.45. The monoisotopic (exact) mass is 463 g/mol. The Bertz CT molecular complexity index is 919. The normalized spacial score (nSPS) is 13.3. The molecule has 9 heteroatoms. The van der Waals surface area contributed by atoms with E-state index in [1.165, 1.54) is 25.2 Å². The first-order valence-electron chi connectivity index (χ1n) is 7.65. The van der Waals surface area contributed by atoms with Crippen molar-refractivity contribution in [3.8, 4) is 0 Å². The fourth-order valence-electron chi connectivity index (χ4n) is 2.25. The van der Waals surface area contributed by atoms with Crippen molar-refractivity contribution in [1.82, 2.24) is 5.32 Å². The van der Waals surface area contributed by atoms with Crippen LogP contribution in [0.5, 0.6) is 0 Å². The zero-order valence-electron chi connectivity index (χ0n) is 14.7. The van der Waals surface area contributed by atoms with E-state index in [0.29, 0.717) is 9.35 Å². The Balaban J connectivity index is 2.51. The minimum absolute atomic E-state index is 0.0351. The van der Waals surface area contributed by atoms with Crippen LogP contribution in [0.4, 0.5) is 9.18 Å². The summed E-state index contributed by atoms with van der Waals surface area (Å²) >= 11 is 4.26. The van der Waals surface area contributed by atoms with E-state index in [4.69, 9.17) is 4.74 Å². The second kappa shape index (κ2) is 7.66. The van der Waals surface area contributed by atoms with Crippen molar-refractivity contribution < 1.29 is 22.3 Å². The Kier molecular flexibility index (Phi) is 6.14. The van der Waals surface area contributed by atoms with Gasteiger partial charge < -0.3 is 10.1 Å². The van der Waals surface area contributed by atoms with Crippen LogP contribution < -0.4 is 5.32 Å². The van der Waals surface area contributed by atoms with Gasteiger partial charge in [0.25, 0.3) is 0 Å². The first kappa shape index (κ1) is 20.9. The highest BCUT2D eigenvalue weighted by atomic mass is 79.9. The minimum atomic E-state index is -3.91. The van der Waals surface area contributed by atoms with Crippen molar-refractivity contribution in [3.63, 3.8) is 0 Å². The zero-order chi connectivity index (χ0) is 19.7. The highest BCUT2D eigenvalue weighted by Crippen LogP contribution is 2.44. The summed E-state index contributed by atoms with van der Waals surface area (Å²) < 4.78 is 45.0. The van der Waals surface area contributed by atoms with Gasteiger partial charge in [-0.25, -0.2) is 17.6 Å². The maximum absolute atomic E-state index is 13.4. The molecule has 1 aromatic carbocycles. The largest absolute Gasteiger partial charge is 0.440 e. The van der Waals surface area contributed by atoms with Gasteiger partial charge in [-0.3, -0.25) is 0 Å². The van der Waals surface area contributed by atoms with Crippen LogP contribution in [0.1, 0.15) is 31.8 Å². The molecule has 0 radical (unpaired) electrons. The second-order valence-electron chi connectivity index (χ2n) is 6.65. The number of ether oxygens (including phenoxy) is 1. The molecule has 5 nitrogen and oxygen atoms in total. The van der Waals surface area contributed by atoms with E-state index in [-0.39, 0.29) is 9.10 Å². The van der Waals surface area contributed by atoms with Crippen molar-refractivity contribution in [2.75, 3.05) is 7.05 Å². The molecule has 0 bridgehead atoms. The van der Waals surface area contributed by atoms with Crippen molar-refractivity contribution in [1.29, 1.82) is 0 Å². The summed E-state index contributed by atoms with van der Waals surface area (Å²) in [5, 5.41) is 2.39. The molecular weight excluding hydrogens is 445 g/mol. The highest BCUT2D eigenvalue weighted by Gasteiger charge is 2.34. The van der Waals surface area contributed by atoms with Crippen molar-refractivity contribution in [2.24, 2.45) is 5.41 Å². The average Bonchev–Trinajstić information content (AvgIpc) is 2.93. The number of hydrogen-bond acceptors (Lipinski definition) is 5. The number of benzene rings is 1. The van der Waals surface area contributed by atoms with Crippen LogP contribution in [0.2, 0.25) is 0 Å². The van der Waals surface area contributed by atoms with Crippen molar-refractivity contribution in [2.45, 2.75) is 36.0 Å². The maximum Gasteiger partial charge on any atom is 0.407 e. The molecule has 0 aliphatic carbocycles. The fraction of sp³-hybridized carbons (Fsp3) is 0.353. The molecule has 2 aromatic rings. The van der Waals surface area contributed by atoms with Crippen LogP contribution in [0.15, 0.2) is 43.9 Å². The molecule has 0 aliphatic heterocycles. The number of sulfone groups is 1. The minimum Gasteiger partial charge on any atom is -0.440 e. The van der Waals surface area contributed by atoms with Gasteiger partial charge in [0, 0.05) is 21.8 Å². The molecule has 0 saturated carbocycles. The first-order chi connectivity index (χ1) is 12.0. The number of thiophene rings is 1. The van der Waals surface area contributed by atoms with E-state index in [2.05, 4.69) is 21.2 Å². The summed E-state index contributed by atoms with van der Waals surface area (Å²) in [6, 6.07) is 6.46. The van der Waals surface area contributed by atoms with Crippen molar-refractivity contribution in [3.05, 3.63) is 45.5 Å². The van der Waals surface area contributed by atoms with Gasteiger partial charge in [-0.2, -0.15) is 0 Å². The van der Waals surface area contributed by atoms with Gasteiger partial charge in [-0.15, -0.1) is 11.3 Å². The molecule has 1 aromatic heterocycles. The van der Waals surface area contributed by atoms with E-state index in [9.17, 15) is 17.6 Å². The van der Waals surface area contributed by atoms with Gasteiger partial charge >= 0.3 is 6.09 Å². The lowest BCUT2D eigenvalue weighted by Crippen LogP contribution is -2.28. The van der Waals surface area contributed by atoms with E-state index >= 15 is 0 Å². The lowest BCUT2D eigenvalue weighted by atomic mass is 9.88. The standard InChI is InChI=1S/C17H19BrFNO4S2/c1-17(2,3)14(24-16(21)20-4)13-9-12(18)15(25-13)26(22,23)11-7-5-6-10(19)8-11/h5-9,14H,1-4H3,(H,20,21). The van der Waals surface area contributed by atoms with Crippen LogP contribution in [0.3, 0.4) is 0 Å². The fourth-order valence-corrected chi connectivity index (χ4v) is 6.66. The molecule has 142 valence electrons. The average molecular weight is 464 g/mol. The first-order valence-corrected chi connectivity index (χ1v) is 10.7. The zero-order valence-corrected chi connectivity index (χ0v) is 17.9. The predicted molar refractivity (Wildman–Crippen MR) is 102 cm³/mol. The number of amides is 1. The number of hydrogen-bond donors (Lipinski definition) is 1. The van der Waals surface area contributed by atoms with Gasteiger partial charge in [0.05, 0.1) is 4.90 Å². The third-order valence-electron chi connectivity index (χ3n) is 3.50. The van der Waals surface area contributed by atoms with E-state index in [1.54, 1.807) is 6.07 Å². The number of carbonyl (C=O) groups is 1. The van der Waals surface area contributed by atoms with Crippen LogP contribution in [-0.4, -0.2) is 21.6 Å². The van der Waals surface area contributed by atoms with Gasteiger partial charge in [0.2, 0.25) is 9.84 Å². The lowest BCUT2D eigenvalue weighted by molar-refractivity contribution is 0.0337. The molecule has 2 rings (SSSR count). The van der Waals surface area contributed by atoms with E-state index in [1.807, 2.05) is 20.8 Å². The van der Waals surface area contributed by atoms with Crippen LogP contribution in [0, 0.1) is 11.2 Å². The molecule has 1 atom stereocenters. The van der Waals surface area contributed by atoms with Crippen LogP contribution in [0.25, 0.3) is 0 Å². The smallest absolute Gasteiger partial charge is 0.407 e. The molecule has 1 unspecified atom stereocenters. The van der Waals surface area contributed by atoms with Crippen LogP contribution in [-0.2, 0) is 14.6 Å². The second-order valence-corrected chi connectivity index (χ2v) is 10.7.